The molecule has 10 nitrogen and oxygen atoms in total. The van der Waals surface area contributed by atoms with E-state index in [1.165, 1.54) is 18.2 Å². The van der Waals surface area contributed by atoms with E-state index in [-0.39, 0.29) is 62.9 Å². The number of nitrogens with one attached hydrogen (secondary N) is 4. The van der Waals surface area contributed by atoms with Crippen LogP contribution in [0.4, 0.5) is 35.1 Å². The smallest absolute Gasteiger partial charge is 0.312 e. The van der Waals surface area contributed by atoms with Gasteiger partial charge in [0.15, 0.2) is 6.29 Å². The minimum atomic E-state index is -1.17. The first-order valence-corrected chi connectivity index (χ1v) is 21.9. The van der Waals surface area contributed by atoms with Gasteiger partial charge in [0.25, 0.3) is 5.91 Å². The number of halogens is 10. The van der Waals surface area contributed by atoms with Crippen molar-refractivity contribution in [1.29, 1.82) is 5.41 Å². The van der Waals surface area contributed by atoms with Gasteiger partial charge >= 0.3 is 5.78 Å². The third-order valence-electron chi connectivity index (χ3n) is 10.0. The highest BCUT2D eigenvalue weighted by molar-refractivity contribution is 6.33. The van der Waals surface area contributed by atoms with Gasteiger partial charge in [-0.05, 0) is 62.2 Å². The standard InChI is InChI=1S/C26H20ClF4N3O.C12H13NO2.C7H4ClFO.C7H5F3N2/c1-13(15-6-4-3-5-7-15)33-26(35)22-14(2)32-25(23-20(30)11-17(29)12-21(23)31)34-24(22)18-9-8-16(28)10-19(18)27;1-9(14)8-12(15)13-10(2)11-6-4-3-5-7-11;8-7-3-6(9)2-1-5(7)4-10;8-3-1-4(9)6(7(11)12)5(10)2-3/h3-13,24H,1-2H3,(H,32,34)(H,33,35);3-7,10H,1,8H2,2H3;1-4H;1-2H,(H3,11,12)/p+1/t13-,24+;10-;;/m11../s1. The average Bonchev–Trinajstić information content (AvgIpc) is 3.29. The number of amidine groups is 2. The third kappa shape index (κ3) is 16.1. The van der Waals surface area contributed by atoms with Crippen molar-refractivity contribution in [2.75, 3.05) is 0 Å². The van der Waals surface area contributed by atoms with Crippen molar-refractivity contribution < 1.29 is 54.3 Å². The van der Waals surface area contributed by atoms with Crippen LogP contribution < -0.4 is 21.7 Å². The fourth-order valence-electron chi connectivity index (χ4n) is 6.61. The Labute approximate surface area is 418 Å². The van der Waals surface area contributed by atoms with Crippen LogP contribution in [0.3, 0.4) is 0 Å². The van der Waals surface area contributed by atoms with Gasteiger partial charge in [0.1, 0.15) is 77.6 Å². The number of carbonyl (C=O) groups is 4. The van der Waals surface area contributed by atoms with E-state index < -0.39 is 75.4 Å². The SMILES string of the molecule is CC1=C(C(=O)N[C@H](C)c2ccccc2)[C@H](c2ccc(F)cc2Cl)N=C(c2c(F)cc(F)cc2F)N1.N=C(N)c1c(F)cc(F)cc1F.O=Cc1ccc(F)cc1Cl.[CH2+]C(=O)CC(=O)N[C@H](C)c1ccccc1. The molecule has 0 saturated carbocycles. The Morgan fingerprint density at radius 2 is 1.18 bits per heavy atom. The molecule has 2 amide bonds. The lowest BCUT2D eigenvalue weighted by Crippen LogP contribution is -2.38. The molecule has 0 spiro atoms. The van der Waals surface area contributed by atoms with E-state index in [0.29, 0.717) is 36.1 Å². The highest BCUT2D eigenvalue weighted by Crippen LogP contribution is 2.37. The number of nitrogens with two attached hydrogens (primary N) is 1. The van der Waals surface area contributed by atoms with Crippen molar-refractivity contribution >= 4 is 58.8 Å². The van der Waals surface area contributed by atoms with Gasteiger partial charge in [-0.2, -0.15) is 0 Å². The summed E-state index contributed by atoms with van der Waals surface area (Å²) in [5.41, 5.74) is 6.38. The van der Waals surface area contributed by atoms with Crippen LogP contribution in [0.5, 0.6) is 0 Å². The van der Waals surface area contributed by atoms with E-state index in [9.17, 15) is 54.3 Å². The number of rotatable bonds is 11. The highest BCUT2D eigenvalue weighted by Gasteiger charge is 2.33. The average molecular weight is 1040 g/mol. The summed E-state index contributed by atoms with van der Waals surface area (Å²) in [4.78, 5) is 49.8. The molecule has 0 unspecified atom stereocenters. The first kappa shape index (κ1) is 56.8. The van der Waals surface area contributed by atoms with Crippen molar-refractivity contribution in [2.24, 2.45) is 10.7 Å². The normalized spacial score (nSPS) is 13.4. The van der Waals surface area contributed by atoms with E-state index in [2.05, 4.69) is 27.9 Å². The minimum Gasteiger partial charge on any atom is -0.384 e. The van der Waals surface area contributed by atoms with E-state index in [0.717, 1.165) is 29.3 Å². The van der Waals surface area contributed by atoms with Crippen molar-refractivity contribution in [3.63, 3.8) is 0 Å². The molecule has 374 valence electrons. The number of hydrogen-bond donors (Lipinski definition) is 5. The summed E-state index contributed by atoms with van der Waals surface area (Å²) in [6.45, 7) is 8.38. The number of hydrogen-bond acceptors (Lipinski definition) is 7. The molecule has 0 aromatic heterocycles. The summed E-state index contributed by atoms with van der Waals surface area (Å²) in [6, 6.07) is 26.5. The van der Waals surface area contributed by atoms with Crippen LogP contribution in [0.15, 0.2) is 138 Å². The van der Waals surface area contributed by atoms with Gasteiger partial charge in [0.05, 0.1) is 33.8 Å². The molecule has 1 aliphatic heterocycles. The maximum atomic E-state index is 14.5. The molecule has 6 aromatic carbocycles. The number of amides is 2. The highest BCUT2D eigenvalue weighted by atomic mass is 35.5. The monoisotopic (exact) mass is 1040 g/mol. The number of benzene rings is 6. The first-order valence-electron chi connectivity index (χ1n) is 21.1. The minimum absolute atomic E-state index is 0.0192. The second-order valence-corrected chi connectivity index (χ2v) is 16.2. The maximum Gasteiger partial charge on any atom is 0.312 e. The Hall–Kier alpha value is -7.83. The maximum absolute atomic E-state index is 14.5. The molecule has 1 aliphatic rings. The molecule has 7 rings (SSSR count). The molecule has 20 heteroatoms. The van der Waals surface area contributed by atoms with Crippen molar-refractivity contribution in [1.82, 2.24) is 16.0 Å². The van der Waals surface area contributed by atoms with Crippen LogP contribution in [0.25, 0.3) is 0 Å². The van der Waals surface area contributed by atoms with Crippen molar-refractivity contribution in [2.45, 2.75) is 45.3 Å². The van der Waals surface area contributed by atoms with Crippen LogP contribution in [-0.4, -0.2) is 35.6 Å². The second kappa shape index (κ2) is 26.4. The summed E-state index contributed by atoms with van der Waals surface area (Å²) in [5.74, 6) is -9.99. The van der Waals surface area contributed by atoms with Gasteiger partial charge in [-0.25, -0.2) is 39.9 Å². The predicted molar refractivity (Wildman–Crippen MR) is 258 cm³/mol. The van der Waals surface area contributed by atoms with Gasteiger partial charge in [0.2, 0.25) is 5.91 Å². The topological polar surface area (TPSA) is 167 Å². The van der Waals surface area contributed by atoms with Crippen molar-refractivity contribution in [3.8, 4) is 0 Å². The Morgan fingerprint density at radius 1 is 0.708 bits per heavy atom. The summed E-state index contributed by atoms with van der Waals surface area (Å²) in [7, 11) is 0. The molecule has 0 bridgehead atoms. The van der Waals surface area contributed by atoms with E-state index in [1.807, 2.05) is 67.6 Å². The Morgan fingerprint density at radius 3 is 1.64 bits per heavy atom. The van der Waals surface area contributed by atoms with Gasteiger partial charge < -0.3 is 21.7 Å². The molecule has 0 fully saturated rings. The number of ketones is 1. The zero-order valence-corrected chi connectivity index (χ0v) is 39.7. The fourth-order valence-corrected chi connectivity index (χ4v) is 7.09. The molecule has 0 saturated heterocycles. The Bertz CT molecular complexity index is 2970. The molecule has 0 aliphatic carbocycles. The first-order chi connectivity index (χ1) is 34.0. The van der Waals surface area contributed by atoms with Gasteiger partial charge in [-0.1, -0.05) is 89.9 Å². The molecule has 6 N–H and O–H groups in total. The largest absolute Gasteiger partial charge is 0.384 e. The summed E-state index contributed by atoms with van der Waals surface area (Å²) >= 11 is 11.7. The lowest BCUT2D eigenvalue weighted by Gasteiger charge is -2.28. The second-order valence-electron chi connectivity index (χ2n) is 15.4. The van der Waals surface area contributed by atoms with Crippen LogP contribution in [0, 0.1) is 58.9 Å². The quantitative estimate of drug-likeness (QED) is 0.0216. The van der Waals surface area contributed by atoms with Crippen LogP contribution >= 0.6 is 23.2 Å². The molecule has 3 atom stereocenters. The molecule has 72 heavy (non-hydrogen) atoms. The van der Waals surface area contributed by atoms with E-state index >= 15 is 0 Å². The van der Waals surface area contributed by atoms with Crippen LogP contribution in [-0.2, 0) is 14.4 Å². The summed E-state index contributed by atoms with van der Waals surface area (Å²) in [5, 5.41) is 15.3. The number of Topliss-reactive ketones (excluding diaryl/α,β-unsaturated/α-hetero) is 1. The number of nitrogens with zero attached hydrogens (tertiary/aromatic N) is 1. The molecular formula is C52H43Cl2F8N6O4+. The molecule has 1 heterocycles. The van der Waals surface area contributed by atoms with E-state index in [1.54, 1.807) is 13.8 Å². The van der Waals surface area contributed by atoms with Gasteiger partial charge in [0, 0.05) is 46.1 Å². The van der Waals surface area contributed by atoms with Crippen LogP contribution in [0.1, 0.15) is 83.5 Å². The number of carbonyl (C=O) groups excluding carboxylic acids is 4. The predicted octanol–water partition coefficient (Wildman–Crippen LogP) is 11.5. The van der Waals surface area contributed by atoms with Gasteiger partial charge in [-0.3, -0.25) is 24.8 Å². The zero-order valence-electron chi connectivity index (χ0n) is 38.2. The zero-order chi connectivity index (χ0) is 53.4. The number of allylic oxidation sites excluding steroid dienone is 1. The molecule has 6 aromatic rings. The third-order valence-corrected chi connectivity index (χ3v) is 10.7. The van der Waals surface area contributed by atoms with Gasteiger partial charge in [-0.15, -0.1) is 0 Å². The lowest BCUT2D eigenvalue weighted by molar-refractivity contribution is -0.126. The molecule has 0 radical (unpaired) electrons. The molecular weight excluding hydrogens is 995 g/mol. The van der Waals surface area contributed by atoms with E-state index in [4.69, 9.17) is 34.3 Å². The number of nitrogen functional groups attached to an aromatic ring is 1. The van der Waals surface area contributed by atoms with Crippen molar-refractivity contribution in [3.05, 3.63) is 229 Å². The van der Waals surface area contributed by atoms with Crippen LogP contribution in [0.2, 0.25) is 10.0 Å². The lowest BCUT2D eigenvalue weighted by atomic mass is 9.94. The Balaban J connectivity index is 0.000000248. The fraction of sp³-hybridized carbons (Fsp3) is 0.135. The Kier molecular flexibility index (Phi) is 20.8. The number of aliphatic imine (C=N–C) groups is 1. The number of aldehydes is 1. The summed E-state index contributed by atoms with van der Waals surface area (Å²) < 4.78 is 106. The summed E-state index contributed by atoms with van der Waals surface area (Å²) in [6.07, 6.45) is 0.430.